The molecule has 1 atom stereocenters. The molecule has 1 spiro atoms. The topological polar surface area (TPSA) is 58.2 Å². The molecule has 1 saturated heterocycles. The Morgan fingerprint density at radius 2 is 1.87 bits per heavy atom. The molecule has 0 unspecified atom stereocenters. The number of nitrogens with one attached hydrogen (secondary N) is 2. The third-order valence-corrected chi connectivity index (χ3v) is 3.49. The van der Waals surface area contributed by atoms with Gasteiger partial charge in [0.05, 0.1) is 0 Å². The maximum absolute atomic E-state index is 12.0. The molecule has 1 heterocycles. The first kappa shape index (κ1) is 10.5. The summed E-state index contributed by atoms with van der Waals surface area (Å²) >= 11 is 0. The van der Waals surface area contributed by atoms with Gasteiger partial charge in [0.1, 0.15) is 11.6 Å². The summed E-state index contributed by atoms with van der Waals surface area (Å²) in [5, 5.41) is 5.77. The van der Waals surface area contributed by atoms with Crippen LogP contribution in [0.4, 0.5) is 0 Å². The van der Waals surface area contributed by atoms with E-state index in [1.807, 2.05) is 13.8 Å². The van der Waals surface area contributed by atoms with Gasteiger partial charge >= 0.3 is 0 Å². The lowest BCUT2D eigenvalue weighted by molar-refractivity contribution is -0.142. The van der Waals surface area contributed by atoms with Crippen LogP contribution < -0.4 is 10.6 Å². The molecule has 0 radical (unpaired) electrons. The summed E-state index contributed by atoms with van der Waals surface area (Å²) in [5.41, 5.74) is -0.581. The first-order valence-electron chi connectivity index (χ1n) is 5.68. The second kappa shape index (κ2) is 3.51. The molecule has 4 heteroatoms. The van der Waals surface area contributed by atoms with E-state index in [-0.39, 0.29) is 23.8 Å². The summed E-state index contributed by atoms with van der Waals surface area (Å²) in [5.74, 6) is 0.137. The van der Waals surface area contributed by atoms with Crippen LogP contribution in [-0.4, -0.2) is 23.4 Å². The van der Waals surface area contributed by atoms with Crippen molar-refractivity contribution >= 4 is 11.8 Å². The van der Waals surface area contributed by atoms with E-state index in [2.05, 4.69) is 10.6 Å². The maximum atomic E-state index is 12.0. The Bertz CT molecular complexity index is 293. The van der Waals surface area contributed by atoms with Crippen molar-refractivity contribution in [1.29, 1.82) is 0 Å². The van der Waals surface area contributed by atoms with Gasteiger partial charge in [-0.1, -0.05) is 26.7 Å². The van der Waals surface area contributed by atoms with Gasteiger partial charge in [0.15, 0.2) is 0 Å². The van der Waals surface area contributed by atoms with Gasteiger partial charge < -0.3 is 10.6 Å². The first-order valence-corrected chi connectivity index (χ1v) is 5.68. The van der Waals surface area contributed by atoms with E-state index in [4.69, 9.17) is 0 Å². The Morgan fingerprint density at radius 3 is 2.40 bits per heavy atom. The molecule has 4 nitrogen and oxygen atoms in total. The fourth-order valence-corrected chi connectivity index (χ4v) is 2.52. The van der Waals surface area contributed by atoms with Crippen molar-refractivity contribution < 1.29 is 9.59 Å². The summed E-state index contributed by atoms with van der Waals surface area (Å²) in [4.78, 5) is 23.8. The fraction of sp³-hybridized carbons (Fsp3) is 0.818. The van der Waals surface area contributed by atoms with Crippen LogP contribution in [0.25, 0.3) is 0 Å². The fourth-order valence-electron chi connectivity index (χ4n) is 2.52. The summed E-state index contributed by atoms with van der Waals surface area (Å²) in [6.07, 6.45) is 3.63. The van der Waals surface area contributed by atoms with Gasteiger partial charge in [-0.25, -0.2) is 0 Å². The minimum Gasteiger partial charge on any atom is -0.342 e. The van der Waals surface area contributed by atoms with Gasteiger partial charge in [-0.3, -0.25) is 9.59 Å². The highest BCUT2D eigenvalue weighted by molar-refractivity contribution is 6.00. The molecule has 15 heavy (non-hydrogen) atoms. The largest absolute Gasteiger partial charge is 0.342 e. The highest BCUT2D eigenvalue weighted by atomic mass is 16.2. The monoisotopic (exact) mass is 210 g/mol. The lowest BCUT2D eigenvalue weighted by Crippen LogP contribution is -2.69. The van der Waals surface area contributed by atoms with Crippen molar-refractivity contribution in [3.8, 4) is 0 Å². The van der Waals surface area contributed by atoms with Crippen LogP contribution in [0.2, 0.25) is 0 Å². The first-order chi connectivity index (χ1) is 7.05. The van der Waals surface area contributed by atoms with Crippen LogP contribution in [0.3, 0.4) is 0 Å². The predicted molar refractivity (Wildman–Crippen MR) is 56.1 cm³/mol. The highest BCUT2D eigenvalue weighted by Crippen LogP contribution is 2.32. The molecule has 1 aliphatic carbocycles. The zero-order valence-corrected chi connectivity index (χ0v) is 9.30. The van der Waals surface area contributed by atoms with Gasteiger partial charge in [-0.2, -0.15) is 0 Å². The van der Waals surface area contributed by atoms with E-state index in [9.17, 15) is 9.59 Å². The molecule has 2 fully saturated rings. The van der Waals surface area contributed by atoms with Crippen LogP contribution in [0, 0.1) is 5.92 Å². The zero-order chi connectivity index (χ0) is 11.1. The molecular weight excluding hydrogens is 192 g/mol. The summed E-state index contributed by atoms with van der Waals surface area (Å²) in [6.45, 7) is 3.88. The Labute approximate surface area is 89.8 Å². The molecular formula is C11H18N2O2. The number of piperazine rings is 1. The second-order valence-electron chi connectivity index (χ2n) is 4.97. The predicted octanol–water partition coefficient (Wildman–Crippen LogP) is 0.570. The maximum Gasteiger partial charge on any atom is 0.246 e. The van der Waals surface area contributed by atoms with Crippen molar-refractivity contribution in [1.82, 2.24) is 10.6 Å². The Hall–Kier alpha value is -1.06. The molecule has 0 bridgehead atoms. The third-order valence-electron chi connectivity index (χ3n) is 3.49. The quantitative estimate of drug-likeness (QED) is 0.664. The van der Waals surface area contributed by atoms with Gasteiger partial charge in [-0.15, -0.1) is 0 Å². The van der Waals surface area contributed by atoms with Gasteiger partial charge in [-0.05, 0) is 18.8 Å². The minimum absolute atomic E-state index is 0.0123. The number of carbonyl (C=O) groups is 2. The smallest absolute Gasteiger partial charge is 0.246 e. The lowest BCUT2D eigenvalue weighted by Gasteiger charge is -2.38. The van der Waals surface area contributed by atoms with E-state index in [1.54, 1.807) is 0 Å². The van der Waals surface area contributed by atoms with E-state index < -0.39 is 5.54 Å². The van der Waals surface area contributed by atoms with Crippen molar-refractivity contribution in [2.45, 2.75) is 51.1 Å². The molecule has 0 aromatic rings. The van der Waals surface area contributed by atoms with Crippen LogP contribution >= 0.6 is 0 Å². The Balaban J connectivity index is 2.16. The number of hydrogen-bond acceptors (Lipinski definition) is 2. The molecule has 2 amide bonds. The molecule has 0 aromatic heterocycles. The van der Waals surface area contributed by atoms with Crippen LogP contribution in [0.15, 0.2) is 0 Å². The molecule has 1 aliphatic heterocycles. The molecule has 2 aliphatic rings. The molecule has 2 N–H and O–H groups in total. The van der Waals surface area contributed by atoms with Crippen molar-refractivity contribution in [2.24, 2.45) is 5.92 Å². The number of rotatable bonds is 1. The van der Waals surface area contributed by atoms with E-state index in [0.29, 0.717) is 0 Å². The SMILES string of the molecule is CC(C)[C@H]1NC(=O)C2(CCCC2)NC1=O. The van der Waals surface area contributed by atoms with Gasteiger partial charge in [0.25, 0.3) is 0 Å². The number of hydrogen-bond donors (Lipinski definition) is 2. The van der Waals surface area contributed by atoms with E-state index >= 15 is 0 Å². The van der Waals surface area contributed by atoms with Crippen molar-refractivity contribution in [3.63, 3.8) is 0 Å². The third kappa shape index (κ3) is 1.62. The van der Waals surface area contributed by atoms with Crippen LogP contribution in [-0.2, 0) is 9.59 Å². The number of carbonyl (C=O) groups excluding carboxylic acids is 2. The van der Waals surface area contributed by atoms with Crippen LogP contribution in [0.5, 0.6) is 0 Å². The van der Waals surface area contributed by atoms with E-state index in [1.165, 1.54) is 0 Å². The number of amides is 2. The summed E-state index contributed by atoms with van der Waals surface area (Å²) < 4.78 is 0. The second-order valence-corrected chi connectivity index (χ2v) is 4.97. The highest BCUT2D eigenvalue weighted by Gasteiger charge is 2.48. The van der Waals surface area contributed by atoms with E-state index in [0.717, 1.165) is 25.7 Å². The average Bonchev–Trinajstić information content (AvgIpc) is 2.60. The molecule has 0 aromatic carbocycles. The van der Waals surface area contributed by atoms with Crippen LogP contribution in [0.1, 0.15) is 39.5 Å². The zero-order valence-electron chi connectivity index (χ0n) is 9.30. The average molecular weight is 210 g/mol. The standard InChI is InChI=1S/C11H18N2O2/c1-7(2)8-9(14)13-11(10(15)12-8)5-3-4-6-11/h7-8H,3-6H2,1-2H3,(H,12,15)(H,13,14)/t8-/m1/s1. The molecule has 84 valence electrons. The lowest BCUT2D eigenvalue weighted by atomic mass is 9.89. The molecule has 1 saturated carbocycles. The van der Waals surface area contributed by atoms with Crippen molar-refractivity contribution in [2.75, 3.05) is 0 Å². The summed E-state index contributed by atoms with van der Waals surface area (Å²) in [7, 11) is 0. The summed E-state index contributed by atoms with van der Waals surface area (Å²) in [6, 6.07) is -0.358. The Morgan fingerprint density at radius 1 is 1.27 bits per heavy atom. The van der Waals surface area contributed by atoms with Crippen molar-refractivity contribution in [3.05, 3.63) is 0 Å². The van der Waals surface area contributed by atoms with Gasteiger partial charge in [0, 0.05) is 0 Å². The normalized spacial score (nSPS) is 29.4. The Kier molecular flexibility index (Phi) is 2.44. The van der Waals surface area contributed by atoms with Gasteiger partial charge in [0.2, 0.25) is 11.8 Å². The minimum atomic E-state index is -0.581. The molecule has 2 rings (SSSR count).